The summed E-state index contributed by atoms with van der Waals surface area (Å²) in [6, 6.07) is 16.0. The second-order valence-corrected chi connectivity index (χ2v) is 10.3. The number of rotatable bonds is 6. The van der Waals surface area contributed by atoms with Crippen LogP contribution in [0, 0.1) is 0 Å². The van der Waals surface area contributed by atoms with Gasteiger partial charge in [0.2, 0.25) is 0 Å². The van der Waals surface area contributed by atoms with Crippen molar-refractivity contribution in [1.82, 2.24) is 0 Å². The van der Waals surface area contributed by atoms with Gasteiger partial charge in [0, 0.05) is 0 Å². The number of benzene rings is 2. The highest BCUT2D eigenvalue weighted by Crippen LogP contribution is 2.47. The van der Waals surface area contributed by atoms with Crippen molar-refractivity contribution in [3.05, 3.63) is 59.7 Å². The first-order chi connectivity index (χ1) is 15.8. The van der Waals surface area contributed by atoms with Gasteiger partial charge in [-0.2, -0.15) is 0 Å². The molecule has 4 heteroatoms. The zero-order valence-electron chi connectivity index (χ0n) is 19.3. The molecule has 0 aliphatic heterocycles. The number of halogens is 1. The topological polar surface area (TPSA) is 18.5 Å². The summed E-state index contributed by atoms with van der Waals surface area (Å²) in [4.78, 5) is 0. The molecule has 2 nitrogen and oxygen atoms in total. The van der Waals surface area contributed by atoms with E-state index in [4.69, 9.17) is 9.05 Å². The summed E-state index contributed by atoms with van der Waals surface area (Å²) in [6.07, 6.45) is 17.5. The van der Waals surface area contributed by atoms with Crippen LogP contribution in [-0.2, 0) is 0 Å². The zero-order chi connectivity index (χ0) is 22.0. The summed E-state index contributed by atoms with van der Waals surface area (Å²) >= 11 is 0. The number of para-hydroxylation sites is 2. The van der Waals surface area contributed by atoms with Crippen LogP contribution in [0.2, 0.25) is 0 Å². The minimum Gasteiger partial charge on any atom is -0.414 e. The third-order valence-corrected chi connectivity index (χ3v) is 7.95. The molecule has 0 radical (unpaired) electrons. The Morgan fingerprint density at radius 3 is 1.28 bits per heavy atom. The van der Waals surface area contributed by atoms with Crippen molar-refractivity contribution in [3.8, 4) is 11.5 Å². The molecule has 2 fully saturated rings. The lowest BCUT2D eigenvalue weighted by molar-refractivity contribution is 0.410. The summed E-state index contributed by atoms with van der Waals surface area (Å²) < 4.78 is 26.9. The van der Waals surface area contributed by atoms with Gasteiger partial charge in [-0.05, 0) is 60.8 Å². The van der Waals surface area contributed by atoms with Crippen molar-refractivity contribution in [2.45, 2.75) is 102 Å². The molecule has 0 N–H and O–H groups in total. The first-order valence-electron chi connectivity index (χ1n) is 12.8. The summed E-state index contributed by atoms with van der Waals surface area (Å²) in [5.74, 6) is 2.24. The van der Waals surface area contributed by atoms with Crippen molar-refractivity contribution in [2.75, 3.05) is 0 Å². The van der Waals surface area contributed by atoms with Crippen LogP contribution >= 0.6 is 8.69 Å². The Balaban J connectivity index is 1.45. The van der Waals surface area contributed by atoms with Gasteiger partial charge in [0.1, 0.15) is 11.5 Å². The van der Waals surface area contributed by atoms with Crippen LogP contribution in [0.15, 0.2) is 48.5 Å². The number of hydrogen-bond donors (Lipinski definition) is 0. The standard InChI is InChI=1S/C28H38FO2P/c29-32(30-27-21-13-11-19-25(27)23-15-7-3-1-4-8-16-23)31-28-22-14-12-20-26(28)24-17-9-5-2-6-10-18-24/h11-14,19-24H,1-10,15-18H2. The maximum atomic E-state index is 15.2. The summed E-state index contributed by atoms with van der Waals surface area (Å²) in [6.45, 7) is 0. The van der Waals surface area contributed by atoms with Gasteiger partial charge >= 0.3 is 8.69 Å². The highest BCUT2D eigenvalue weighted by atomic mass is 31.2. The summed E-state index contributed by atoms with van der Waals surface area (Å²) in [7, 11) is -2.53. The van der Waals surface area contributed by atoms with E-state index >= 15 is 4.20 Å². The molecule has 2 aromatic rings. The van der Waals surface area contributed by atoms with Gasteiger partial charge in [0.25, 0.3) is 0 Å². The molecule has 0 saturated heterocycles. The summed E-state index contributed by atoms with van der Waals surface area (Å²) in [5.41, 5.74) is 2.30. The largest absolute Gasteiger partial charge is 0.505 e. The lowest BCUT2D eigenvalue weighted by Gasteiger charge is -2.24. The Morgan fingerprint density at radius 2 is 0.875 bits per heavy atom. The molecule has 2 aliphatic carbocycles. The third-order valence-electron chi connectivity index (χ3n) is 7.27. The van der Waals surface area contributed by atoms with E-state index in [1.54, 1.807) is 0 Å². The van der Waals surface area contributed by atoms with Gasteiger partial charge in [-0.25, -0.2) is 0 Å². The van der Waals surface area contributed by atoms with E-state index in [2.05, 4.69) is 12.1 Å². The predicted octanol–water partition coefficient (Wildman–Crippen LogP) is 10.00. The van der Waals surface area contributed by atoms with E-state index in [1.165, 1.54) is 64.2 Å². The molecule has 0 unspecified atom stereocenters. The van der Waals surface area contributed by atoms with Gasteiger partial charge in [-0.1, -0.05) is 101 Å². The van der Waals surface area contributed by atoms with Gasteiger partial charge in [0.15, 0.2) is 0 Å². The quantitative estimate of drug-likeness (QED) is 0.403. The zero-order valence-corrected chi connectivity index (χ0v) is 20.2. The van der Waals surface area contributed by atoms with E-state index in [1.807, 2.05) is 36.4 Å². The van der Waals surface area contributed by atoms with Crippen molar-refractivity contribution in [2.24, 2.45) is 0 Å². The van der Waals surface area contributed by atoms with Crippen LogP contribution in [0.4, 0.5) is 4.20 Å². The minimum atomic E-state index is -2.53. The second-order valence-electron chi connectivity index (χ2n) is 9.55. The van der Waals surface area contributed by atoms with E-state index in [0.717, 1.165) is 36.8 Å². The highest BCUT2D eigenvalue weighted by molar-refractivity contribution is 7.42. The Labute approximate surface area is 195 Å². The molecule has 0 atom stereocenters. The van der Waals surface area contributed by atoms with E-state index in [9.17, 15) is 0 Å². The average molecular weight is 457 g/mol. The van der Waals surface area contributed by atoms with Crippen molar-refractivity contribution in [1.29, 1.82) is 0 Å². The molecule has 0 amide bonds. The normalized spacial score (nSPS) is 19.6. The molecule has 0 heterocycles. The van der Waals surface area contributed by atoms with Gasteiger partial charge in [-0.3, -0.25) is 0 Å². The highest BCUT2D eigenvalue weighted by Gasteiger charge is 2.24. The Morgan fingerprint density at radius 1 is 0.531 bits per heavy atom. The molecule has 4 rings (SSSR count). The molecular weight excluding hydrogens is 418 g/mol. The lowest BCUT2D eigenvalue weighted by atomic mass is 9.85. The Bertz CT molecular complexity index is 743. The fourth-order valence-corrected chi connectivity index (χ4v) is 6.19. The second kappa shape index (κ2) is 12.6. The van der Waals surface area contributed by atoms with Gasteiger partial charge < -0.3 is 9.05 Å². The van der Waals surface area contributed by atoms with Crippen LogP contribution in [0.1, 0.15) is 113 Å². The van der Waals surface area contributed by atoms with E-state index in [-0.39, 0.29) is 0 Å². The average Bonchev–Trinajstić information content (AvgIpc) is 2.75. The first-order valence-corrected chi connectivity index (χ1v) is 13.9. The van der Waals surface area contributed by atoms with Crippen LogP contribution in [0.25, 0.3) is 0 Å². The SMILES string of the molecule is FP(Oc1ccccc1C1CCCCCCC1)Oc1ccccc1C1CCCCCCC1. The van der Waals surface area contributed by atoms with Crippen LogP contribution in [0.5, 0.6) is 11.5 Å². The van der Waals surface area contributed by atoms with E-state index < -0.39 is 8.69 Å². The van der Waals surface area contributed by atoms with Crippen LogP contribution in [0.3, 0.4) is 0 Å². The third kappa shape index (κ3) is 6.70. The number of hydrogen-bond acceptors (Lipinski definition) is 2. The monoisotopic (exact) mass is 456 g/mol. The minimum absolute atomic E-state index is 0.456. The van der Waals surface area contributed by atoms with Crippen LogP contribution in [-0.4, -0.2) is 0 Å². The molecule has 2 aliphatic rings. The van der Waals surface area contributed by atoms with E-state index in [0.29, 0.717) is 23.3 Å². The fraction of sp³-hybridized carbons (Fsp3) is 0.571. The van der Waals surface area contributed by atoms with Crippen LogP contribution < -0.4 is 9.05 Å². The molecule has 0 bridgehead atoms. The molecule has 174 valence electrons. The van der Waals surface area contributed by atoms with Crippen molar-refractivity contribution < 1.29 is 13.2 Å². The maximum Gasteiger partial charge on any atom is 0.505 e. The van der Waals surface area contributed by atoms with Crippen molar-refractivity contribution >= 4 is 8.69 Å². The summed E-state index contributed by atoms with van der Waals surface area (Å²) in [5, 5.41) is 0. The molecule has 2 aromatic carbocycles. The molecule has 0 spiro atoms. The molecule has 32 heavy (non-hydrogen) atoms. The lowest BCUT2D eigenvalue weighted by Crippen LogP contribution is -2.06. The maximum absolute atomic E-state index is 15.2. The molecule has 2 saturated carbocycles. The Kier molecular flexibility index (Phi) is 9.27. The van der Waals surface area contributed by atoms with Gasteiger partial charge in [0.05, 0.1) is 0 Å². The predicted molar refractivity (Wildman–Crippen MR) is 132 cm³/mol. The van der Waals surface area contributed by atoms with Gasteiger partial charge in [-0.15, -0.1) is 4.20 Å². The first kappa shape index (κ1) is 23.6. The Hall–Kier alpha value is -1.60. The van der Waals surface area contributed by atoms with Crippen molar-refractivity contribution in [3.63, 3.8) is 0 Å². The molecular formula is C28H38FO2P. The fourth-order valence-electron chi connectivity index (χ4n) is 5.51. The smallest absolute Gasteiger partial charge is 0.414 e. The molecule has 0 aromatic heterocycles.